The fourth-order valence-corrected chi connectivity index (χ4v) is 4.43. The van der Waals surface area contributed by atoms with Crippen LogP contribution in [0.3, 0.4) is 0 Å². The van der Waals surface area contributed by atoms with Crippen molar-refractivity contribution in [3.63, 3.8) is 0 Å². The summed E-state index contributed by atoms with van der Waals surface area (Å²) in [4.78, 5) is 29.6. The maximum atomic E-state index is 13.1. The molecule has 0 aliphatic heterocycles. The molecule has 1 fully saturated rings. The Morgan fingerprint density at radius 3 is 2.59 bits per heavy atom. The van der Waals surface area contributed by atoms with Gasteiger partial charge in [-0.1, -0.05) is 0 Å². The number of carbonyl (C=O) groups is 2. The van der Waals surface area contributed by atoms with Crippen LogP contribution in [0.1, 0.15) is 55.5 Å². The van der Waals surface area contributed by atoms with Crippen molar-refractivity contribution in [2.24, 2.45) is 5.92 Å². The van der Waals surface area contributed by atoms with E-state index in [0.29, 0.717) is 22.5 Å². The molecule has 0 spiro atoms. The van der Waals surface area contributed by atoms with E-state index in [1.807, 2.05) is 32.0 Å². The SMILES string of the molecule is CNC(=O)[C@H]1CC[C@H](NC(=O)c2cnc(-c3ccc4cc(C#N)cnn34)cc2NC(C)C)CC1. The summed E-state index contributed by atoms with van der Waals surface area (Å²) in [6.45, 7) is 4.03. The highest BCUT2D eigenvalue weighted by Gasteiger charge is 2.27. The minimum Gasteiger partial charge on any atom is -0.382 e. The average molecular weight is 460 g/mol. The molecule has 0 unspecified atom stereocenters. The number of pyridine rings is 1. The van der Waals surface area contributed by atoms with Crippen molar-refractivity contribution in [1.82, 2.24) is 25.2 Å². The molecular weight excluding hydrogens is 430 g/mol. The van der Waals surface area contributed by atoms with E-state index in [0.717, 1.165) is 36.9 Å². The van der Waals surface area contributed by atoms with Crippen molar-refractivity contribution in [2.45, 2.75) is 51.6 Å². The molecule has 34 heavy (non-hydrogen) atoms. The van der Waals surface area contributed by atoms with E-state index in [1.165, 1.54) is 6.20 Å². The summed E-state index contributed by atoms with van der Waals surface area (Å²) in [5.74, 6) is -0.0846. The summed E-state index contributed by atoms with van der Waals surface area (Å²) in [5.41, 5.74) is 3.90. The lowest BCUT2D eigenvalue weighted by atomic mass is 9.85. The Hall–Kier alpha value is -3.93. The van der Waals surface area contributed by atoms with Crippen molar-refractivity contribution in [2.75, 3.05) is 12.4 Å². The molecule has 3 aromatic heterocycles. The van der Waals surface area contributed by atoms with Crippen LogP contribution in [0, 0.1) is 17.2 Å². The first-order chi connectivity index (χ1) is 16.4. The summed E-state index contributed by atoms with van der Waals surface area (Å²) in [5, 5.41) is 22.7. The lowest BCUT2D eigenvalue weighted by molar-refractivity contribution is -0.125. The van der Waals surface area contributed by atoms with Gasteiger partial charge in [0.25, 0.3) is 5.91 Å². The van der Waals surface area contributed by atoms with Crippen molar-refractivity contribution < 1.29 is 9.59 Å². The second-order valence-corrected chi connectivity index (χ2v) is 8.96. The smallest absolute Gasteiger partial charge is 0.255 e. The molecule has 0 bridgehead atoms. The first kappa shape index (κ1) is 23.2. The van der Waals surface area contributed by atoms with Crippen LogP contribution < -0.4 is 16.0 Å². The minimum absolute atomic E-state index is 0.0204. The Labute approximate surface area is 198 Å². The topological polar surface area (TPSA) is 124 Å². The van der Waals surface area contributed by atoms with Gasteiger partial charge in [-0.25, -0.2) is 4.52 Å². The zero-order chi connectivity index (χ0) is 24.2. The fourth-order valence-electron chi connectivity index (χ4n) is 4.43. The van der Waals surface area contributed by atoms with E-state index in [-0.39, 0.29) is 29.8 Å². The number of anilines is 1. The van der Waals surface area contributed by atoms with Gasteiger partial charge in [0, 0.05) is 31.2 Å². The molecule has 2 amide bonds. The van der Waals surface area contributed by atoms with Crippen molar-refractivity contribution in [3.8, 4) is 17.5 Å². The quantitative estimate of drug-likeness (QED) is 0.520. The number of nitrogens with zero attached hydrogens (tertiary/aromatic N) is 4. The molecule has 1 aliphatic rings. The maximum absolute atomic E-state index is 13.1. The molecule has 0 aromatic carbocycles. The molecule has 0 saturated heterocycles. The number of amides is 2. The van der Waals surface area contributed by atoms with Crippen LogP contribution >= 0.6 is 0 Å². The monoisotopic (exact) mass is 459 g/mol. The average Bonchev–Trinajstić information content (AvgIpc) is 3.26. The minimum atomic E-state index is -0.178. The highest BCUT2D eigenvalue weighted by molar-refractivity contribution is 6.00. The van der Waals surface area contributed by atoms with Crippen LogP contribution in [-0.2, 0) is 4.79 Å². The summed E-state index contributed by atoms with van der Waals surface area (Å²) < 4.78 is 1.73. The van der Waals surface area contributed by atoms with E-state index in [9.17, 15) is 9.59 Å². The first-order valence-electron chi connectivity index (χ1n) is 11.6. The summed E-state index contributed by atoms with van der Waals surface area (Å²) >= 11 is 0. The van der Waals surface area contributed by atoms with Crippen LogP contribution in [0.4, 0.5) is 5.69 Å². The molecule has 3 heterocycles. The van der Waals surface area contributed by atoms with Gasteiger partial charge >= 0.3 is 0 Å². The standard InChI is InChI=1S/C25H29N7O2/c1-15(2)30-21-11-22(23-9-8-19-10-16(12-26)13-29-32(19)23)28-14-20(21)25(34)31-18-6-4-17(5-7-18)24(33)27-3/h8-11,13-15,17-18H,4-7H2,1-3H3,(H,27,33)(H,28,30)(H,31,34)/t17-,18-. The van der Waals surface area contributed by atoms with Crippen LogP contribution in [0.15, 0.2) is 36.7 Å². The molecule has 176 valence electrons. The molecule has 1 aliphatic carbocycles. The number of hydrogen-bond acceptors (Lipinski definition) is 6. The van der Waals surface area contributed by atoms with Gasteiger partial charge in [-0.3, -0.25) is 14.6 Å². The Morgan fingerprint density at radius 1 is 1.15 bits per heavy atom. The van der Waals surface area contributed by atoms with E-state index in [4.69, 9.17) is 5.26 Å². The van der Waals surface area contributed by atoms with Gasteiger partial charge in [-0.15, -0.1) is 0 Å². The van der Waals surface area contributed by atoms with Gasteiger partial charge in [0.05, 0.1) is 39.9 Å². The number of aromatic nitrogens is 3. The predicted octanol–water partition coefficient (Wildman–Crippen LogP) is 3.12. The van der Waals surface area contributed by atoms with Gasteiger partial charge in [-0.05, 0) is 63.8 Å². The maximum Gasteiger partial charge on any atom is 0.255 e. The third-order valence-corrected chi connectivity index (χ3v) is 6.16. The third-order valence-electron chi connectivity index (χ3n) is 6.16. The zero-order valence-corrected chi connectivity index (χ0v) is 19.6. The van der Waals surface area contributed by atoms with E-state index in [1.54, 1.807) is 23.8 Å². The Balaban J connectivity index is 1.56. The largest absolute Gasteiger partial charge is 0.382 e. The van der Waals surface area contributed by atoms with Crippen LogP contribution in [0.2, 0.25) is 0 Å². The van der Waals surface area contributed by atoms with E-state index in [2.05, 4.69) is 32.1 Å². The van der Waals surface area contributed by atoms with E-state index < -0.39 is 0 Å². The number of carbonyl (C=O) groups excluding carboxylic acids is 2. The van der Waals surface area contributed by atoms with Gasteiger partial charge < -0.3 is 16.0 Å². The fraction of sp³-hybridized carbons (Fsp3) is 0.400. The number of fused-ring (bicyclic) bond motifs is 1. The van der Waals surface area contributed by atoms with Crippen LogP contribution in [0.5, 0.6) is 0 Å². The first-order valence-corrected chi connectivity index (χ1v) is 11.6. The zero-order valence-electron chi connectivity index (χ0n) is 19.6. The second-order valence-electron chi connectivity index (χ2n) is 8.96. The Bertz CT molecular complexity index is 1250. The number of hydrogen-bond donors (Lipinski definition) is 3. The molecule has 9 nitrogen and oxygen atoms in total. The number of rotatable bonds is 6. The van der Waals surface area contributed by atoms with Gasteiger partial charge in [-0.2, -0.15) is 10.4 Å². The molecule has 9 heteroatoms. The molecule has 3 N–H and O–H groups in total. The molecular formula is C25H29N7O2. The van der Waals surface area contributed by atoms with E-state index >= 15 is 0 Å². The van der Waals surface area contributed by atoms with Crippen molar-refractivity contribution >= 4 is 23.0 Å². The Morgan fingerprint density at radius 2 is 1.91 bits per heavy atom. The third kappa shape index (κ3) is 4.86. The van der Waals surface area contributed by atoms with Crippen LogP contribution in [0.25, 0.3) is 16.9 Å². The Kier molecular flexibility index (Phi) is 6.77. The highest BCUT2D eigenvalue weighted by Crippen LogP contribution is 2.28. The number of nitrogens with one attached hydrogen (secondary N) is 3. The van der Waals surface area contributed by atoms with Crippen molar-refractivity contribution in [1.29, 1.82) is 5.26 Å². The second kappa shape index (κ2) is 9.91. The normalized spacial score (nSPS) is 17.9. The summed E-state index contributed by atoms with van der Waals surface area (Å²) in [6, 6.07) is 9.66. The van der Waals surface area contributed by atoms with Gasteiger partial charge in [0.2, 0.25) is 5.91 Å². The van der Waals surface area contributed by atoms with Crippen molar-refractivity contribution in [3.05, 3.63) is 47.8 Å². The van der Waals surface area contributed by atoms with Gasteiger partial charge in [0.15, 0.2) is 0 Å². The molecule has 4 rings (SSSR count). The van der Waals surface area contributed by atoms with Gasteiger partial charge in [0.1, 0.15) is 6.07 Å². The summed E-state index contributed by atoms with van der Waals surface area (Å²) in [6.07, 6.45) is 6.18. The number of nitriles is 1. The predicted molar refractivity (Wildman–Crippen MR) is 129 cm³/mol. The molecule has 0 atom stereocenters. The molecule has 3 aromatic rings. The lowest BCUT2D eigenvalue weighted by Gasteiger charge is -2.28. The highest BCUT2D eigenvalue weighted by atomic mass is 16.2. The van der Waals surface area contributed by atoms with Crippen LogP contribution in [-0.4, -0.2) is 45.5 Å². The molecule has 1 saturated carbocycles. The summed E-state index contributed by atoms with van der Waals surface area (Å²) in [7, 11) is 1.66. The lowest BCUT2D eigenvalue weighted by Crippen LogP contribution is -2.40. The molecule has 0 radical (unpaired) electrons.